The first kappa shape index (κ1) is 19.8. The third-order valence-electron chi connectivity index (χ3n) is 5.10. The summed E-state index contributed by atoms with van der Waals surface area (Å²) in [6, 6.07) is 8.51. The molecular formula is C20H22N4O3S2. The molecule has 1 amide bonds. The van der Waals surface area contributed by atoms with Crippen molar-refractivity contribution >= 4 is 43.9 Å². The smallest absolute Gasteiger partial charge is 0.243 e. The molecule has 0 saturated carbocycles. The fourth-order valence-corrected chi connectivity index (χ4v) is 4.88. The van der Waals surface area contributed by atoms with Crippen LogP contribution in [0.2, 0.25) is 0 Å². The lowest BCUT2D eigenvalue weighted by atomic mass is 10.2. The van der Waals surface area contributed by atoms with E-state index in [1.807, 2.05) is 29.3 Å². The summed E-state index contributed by atoms with van der Waals surface area (Å²) in [5, 5.41) is 5.79. The van der Waals surface area contributed by atoms with Crippen LogP contribution >= 0.6 is 11.3 Å². The van der Waals surface area contributed by atoms with Crippen molar-refractivity contribution in [1.82, 2.24) is 15.3 Å². The Labute approximate surface area is 173 Å². The molecular weight excluding hydrogens is 408 g/mol. The Balaban J connectivity index is 1.62. The molecule has 3 heterocycles. The summed E-state index contributed by atoms with van der Waals surface area (Å²) in [5.74, 6) is 0.427. The minimum absolute atomic E-state index is 0.0397. The molecule has 0 radical (unpaired) electrons. The number of thiophene rings is 1. The number of fused-ring (bicyclic) bond motifs is 1. The molecule has 3 aromatic rings. The predicted molar refractivity (Wildman–Crippen MR) is 114 cm³/mol. The number of nitrogens with zero attached hydrogens (tertiary/aromatic N) is 3. The van der Waals surface area contributed by atoms with Gasteiger partial charge < -0.3 is 10.2 Å². The zero-order valence-electron chi connectivity index (χ0n) is 16.3. The third kappa shape index (κ3) is 4.11. The Morgan fingerprint density at radius 3 is 2.86 bits per heavy atom. The standard InChI is InChI=1S/C20H22N4O3S2/c1-13-16-8-7-15(29(2,26)27)11-17(16)23-20(22-13)24-9-3-6-18(24)19(25)21-12-14-5-4-10-28-14/h4-5,7-8,10-11,18H,3,6,9,12H2,1-2H3,(H,21,25). The molecule has 1 aromatic carbocycles. The van der Waals surface area contributed by atoms with Crippen molar-refractivity contribution in [2.75, 3.05) is 17.7 Å². The first-order valence-corrected chi connectivity index (χ1v) is 12.2. The second-order valence-corrected chi connectivity index (χ2v) is 10.3. The topological polar surface area (TPSA) is 92.3 Å². The minimum Gasteiger partial charge on any atom is -0.349 e. The molecule has 152 valence electrons. The SMILES string of the molecule is Cc1nc(N2CCCC2C(=O)NCc2cccs2)nc2cc(S(C)(=O)=O)ccc12. The summed E-state index contributed by atoms with van der Waals surface area (Å²) >= 11 is 1.61. The van der Waals surface area contributed by atoms with Crippen molar-refractivity contribution in [3.63, 3.8) is 0 Å². The maximum absolute atomic E-state index is 12.8. The molecule has 4 rings (SSSR count). The average molecular weight is 431 g/mol. The number of rotatable bonds is 5. The van der Waals surface area contributed by atoms with Gasteiger partial charge in [0.25, 0.3) is 0 Å². The van der Waals surface area contributed by atoms with Gasteiger partial charge in [0.05, 0.1) is 22.7 Å². The quantitative estimate of drug-likeness (QED) is 0.669. The van der Waals surface area contributed by atoms with Gasteiger partial charge in [0.15, 0.2) is 9.84 Å². The molecule has 0 spiro atoms. The van der Waals surface area contributed by atoms with Gasteiger partial charge in [0.1, 0.15) is 6.04 Å². The second-order valence-electron chi connectivity index (χ2n) is 7.21. The number of aromatic nitrogens is 2. The van der Waals surface area contributed by atoms with E-state index in [0.29, 0.717) is 24.6 Å². The Bertz CT molecular complexity index is 1160. The Kier molecular flexibility index (Phi) is 5.26. The molecule has 1 aliphatic heterocycles. The van der Waals surface area contributed by atoms with E-state index >= 15 is 0 Å². The molecule has 1 saturated heterocycles. The normalized spacial score (nSPS) is 17.0. The first-order chi connectivity index (χ1) is 13.8. The van der Waals surface area contributed by atoms with Crippen molar-refractivity contribution in [1.29, 1.82) is 0 Å². The van der Waals surface area contributed by atoms with Crippen LogP contribution in [0.3, 0.4) is 0 Å². The number of hydrogen-bond donors (Lipinski definition) is 1. The summed E-state index contributed by atoms with van der Waals surface area (Å²) in [6.07, 6.45) is 2.79. The molecule has 0 bridgehead atoms. The van der Waals surface area contributed by atoms with E-state index in [2.05, 4.69) is 15.3 Å². The zero-order chi connectivity index (χ0) is 20.6. The van der Waals surface area contributed by atoms with E-state index in [4.69, 9.17) is 0 Å². The molecule has 1 unspecified atom stereocenters. The zero-order valence-corrected chi connectivity index (χ0v) is 17.9. The lowest BCUT2D eigenvalue weighted by Gasteiger charge is -2.24. The number of anilines is 1. The number of carbonyl (C=O) groups excluding carboxylic acids is 1. The van der Waals surface area contributed by atoms with Crippen LogP contribution in [0.25, 0.3) is 10.9 Å². The minimum atomic E-state index is -3.33. The molecule has 29 heavy (non-hydrogen) atoms. The van der Waals surface area contributed by atoms with E-state index in [1.165, 1.54) is 6.26 Å². The van der Waals surface area contributed by atoms with Crippen molar-refractivity contribution in [2.45, 2.75) is 37.2 Å². The summed E-state index contributed by atoms with van der Waals surface area (Å²) < 4.78 is 23.8. The van der Waals surface area contributed by atoms with Crippen LogP contribution in [0.15, 0.2) is 40.6 Å². The van der Waals surface area contributed by atoms with Crippen LogP contribution in [-0.4, -0.2) is 43.1 Å². The van der Waals surface area contributed by atoms with Crippen LogP contribution in [0.1, 0.15) is 23.4 Å². The highest BCUT2D eigenvalue weighted by Crippen LogP contribution is 2.27. The number of hydrogen-bond acceptors (Lipinski definition) is 7. The highest BCUT2D eigenvalue weighted by molar-refractivity contribution is 7.90. The number of aryl methyl sites for hydroxylation is 1. The van der Waals surface area contributed by atoms with Gasteiger partial charge in [-0.15, -0.1) is 11.3 Å². The summed E-state index contributed by atoms with van der Waals surface area (Å²) in [4.78, 5) is 25.2. The van der Waals surface area contributed by atoms with Crippen LogP contribution in [0.4, 0.5) is 5.95 Å². The molecule has 1 fully saturated rings. The Morgan fingerprint density at radius 2 is 2.14 bits per heavy atom. The van der Waals surface area contributed by atoms with Crippen molar-refractivity contribution in [2.24, 2.45) is 0 Å². The maximum Gasteiger partial charge on any atom is 0.243 e. The highest BCUT2D eigenvalue weighted by Gasteiger charge is 2.32. The second kappa shape index (κ2) is 7.72. The van der Waals surface area contributed by atoms with Crippen molar-refractivity contribution in [3.8, 4) is 0 Å². The van der Waals surface area contributed by atoms with Gasteiger partial charge in [-0.05, 0) is 49.4 Å². The van der Waals surface area contributed by atoms with E-state index in [-0.39, 0.29) is 16.8 Å². The molecule has 9 heteroatoms. The van der Waals surface area contributed by atoms with Crippen LogP contribution in [-0.2, 0) is 21.2 Å². The number of benzene rings is 1. The molecule has 0 aliphatic carbocycles. The monoisotopic (exact) mass is 430 g/mol. The van der Waals surface area contributed by atoms with E-state index in [9.17, 15) is 13.2 Å². The Hall–Kier alpha value is -2.52. The fraction of sp³-hybridized carbons (Fsp3) is 0.350. The fourth-order valence-electron chi connectivity index (χ4n) is 3.60. The predicted octanol–water partition coefficient (Wildman–Crippen LogP) is 2.69. The molecule has 1 aliphatic rings. The summed E-state index contributed by atoms with van der Waals surface area (Å²) in [6.45, 7) is 3.07. The maximum atomic E-state index is 12.8. The molecule has 1 atom stereocenters. The number of amides is 1. The largest absolute Gasteiger partial charge is 0.349 e. The van der Waals surface area contributed by atoms with Gasteiger partial charge in [0.2, 0.25) is 11.9 Å². The number of nitrogens with one attached hydrogen (secondary N) is 1. The number of sulfone groups is 1. The van der Waals surface area contributed by atoms with E-state index in [0.717, 1.165) is 28.8 Å². The lowest BCUT2D eigenvalue weighted by molar-refractivity contribution is -0.122. The van der Waals surface area contributed by atoms with Gasteiger partial charge in [-0.1, -0.05) is 6.07 Å². The average Bonchev–Trinajstić information content (AvgIpc) is 3.36. The van der Waals surface area contributed by atoms with Crippen molar-refractivity contribution < 1.29 is 13.2 Å². The van der Waals surface area contributed by atoms with Gasteiger partial charge in [-0.3, -0.25) is 4.79 Å². The van der Waals surface area contributed by atoms with Gasteiger partial charge in [-0.2, -0.15) is 0 Å². The van der Waals surface area contributed by atoms with Crippen LogP contribution < -0.4 is 10.2 Å². The third-order valence-corrected chi connectivity index (χ3v) is 7.09. The van der Waals surface area contributed by atoms with Crippen LogP contribution in [0.5, 0.6) is 0 Å². The number of carbonyl (C=O) groups is 1. The van der Waals surface area contributed by atoms with Gasteiger partial charge >= 0.3 is 0 Å². The van der Waals surface area contributed by atoms with E-state index in [1.54, 1.807) is 29.5 Å². The Morgan fingerprint density at radius 1 is 1.31 bits per heavy atom. The summed E-state index contributed by atoms with van der Waals surface area (Å²) in [5.41, 5.74) is 1.33. The van der Waals surface area contributed by atoms with Gasteiger partial charge in [0, 0.05) is 23.1 Å². The molecule has 2 aromatic heterocycles. The summed E-state index contributed by atoms with van der Waals surface area (Å²) in [7, 11) is -3.33. The van der Waals surface area contributed by atoms with E-state index < -0.39 is 9.84 Å². The van der Waals surface area contributed by atoms with Gasteiger partial charge in [-0.25, -0.2) is 18.4 Å². The van der Waals surface area contributed by atoms with Crippen LogP contribution in [0, 0.1) is 6.92 Å². The lowest BCUT2D eigenvalue weighted by Crippen LogP contribution is -2.43. The van der Waals surface area contributed by atoms with Crippen molar-refractivity contribution in [3.05, 3.63) is 46.3 Å². The highest BCUT2D eigenvalue weighted by atomic mass is 32.2. The molecule has 7 nitrogen and oxygen atoms in total. The first-order valence-electron chi connectivity index (χ1n) is 9.38. The molecule has 1 N–H and O–H groups in total.